The van der Waals surface area contributed by atoms with E-state index in [9.17, 15) is 4.79 Å². The molecule has 1 atom stereocenters. The number of benzene rings is 2. The molecule has 5 rings (SSSR count). The third-order valence-corrected chi connectivity index (χ3v) is 5.07. The number of nitrogens with zero attached hydrogens (tertiary/aromatic N) is 2. The number of aromatic nitrogens is 2. The lowest BCUT2D eigenvalue weighted by atomic mass is 10.1. The molecule has 1 unspecified atom stereocenters. The number of nitrogens with one attached hydrogen (secondary N) is 1. The smallest absolute Gasteiger partial charge is 0.266 e. The van der Waals surface area contributed by atoms with Gasteiger partial charge in [0.05, 0.1) is 0 Å². The number of rotatable bonds is 3. The molecule has 28 heavy (non-hydrogen) atoms. The van der Waals surface area contributed by atoms with E-state index in [1.54, 1.807) is 0 Å². The van der Waals surface area contributed by atoms with Crippen molar-refractivity contribution in [3.8, 4) is 17.0 Å². The van der Waals surface area contributed by atoms with E-state index in [0.717, 1.165) is 33.8 Å². The average molecular weight is 369 g/mol. The molecule has 2 aromatic heterocycles. The van der Waals surface area contributed by atoms with E-state index in [4.69, 9.17) is 9.72 Å². The predicted molar refractivity (Wildman–Crippen MR) is 109 cm³/mol. The molecule has 0 spiro atoms. The van der Waals surface area contributed by atoms with Gasteiger partial charge in [0.2, 0.25) is 0 Å². The maximum absolute atomic E-state index is 13.0. The number of carbonyl (C=O) groups is 1. The second kappa shape index (κ2) is 6.53. The van der Waals surface area contributed by atoms with E-state index in [1.165, 1.54) is 0 Å². The first-order valence-electron chi connectivity index (χ1n) is 9.29. The van der Waals surface area contributed by atoms with Crippen molar-refractivity contribution in [1.82, 2.24) is 9.38 Å². The summed E-state index contributed by atoms with van der Waals surface area (Å²) in [6.07, 6.45) is 1.94. The van der Waals surface area contributed by atoms with Crippen LogP contribution in [-0.2, 0) is 11.2 Å². The van der Waals surface area contributed by atoms with Crippen molar-refractivity contribution >= 4 is 17.4 Å². The molecule has 138 valence electrons. The maximum Gasteiger partial charge on any atom is 0.266 e. The molecule has 0 aliphatic carbocycles. The molecule has 5 heteroatoms. The molecule has 5 nitrogen and oxygen atoms in total. The third-order valence-electron chi connectivity index (χ3n) is 5.07. The van der Waals surface area contributed by atoms with E-state index >= 15 is 0 Å². The number of pyridine rings is 1. The summed E-state index contributed by atoms with van der Waals surface area (Å²) in [5, 5.41) is 3.07. The molecular weight excluding hydrogens is 350 g/mol. The molecule has 0 saturated carbocycles. The number of fused-ring (bicyclic) bond motifs is 2. The Balaban J connectivity index is 1.53. The van der Waals surface area contributed by atoms with Gasteiger partial charge in [-0.15, -0.1) is 0 Å². The zero-order chi connectivity index (χ0) is 19.1. The summed E-state index contributed by atoms with van der Waals surface area (Å²) in [4.78, 5) is 17.8. The zero-order valence-corrected chi connectivity index (χ0v) is 15.4. The molecule has 0 saturated heterocycles. The zero-order valence-electron chi connectivity index (χ0n) is 15.4. The van der Waals surface area contributed by atoms with Gasteiger partial charge < -0.3 is 10.1 Å². The molecule has 1 amide bonds. The second-order valence-electron chi connectivity index (χ2n) is 6.97. The number of ether oxygens (including phenoxy) is 1. The van der Waals surface area contributed by atoms with Crippen LogP contribution in [0.15, 0.2) is 72.9 Å². The van der Waals surface area contributed by atoms with E-state index in [-0.39, 0.29) is 5.91 Å². The molecule has 0 radical (unpaired) electrons. The standard InChI is InChI=1S/C23H19N3O2/c1-15-8-7-13-26-21(15)24-20(16-9-3-2-4-10-16)22(26)25-23(27)19-14-17-11-5-6-12-18(17)28-19/h2-13,19H,14H2,1H3,(H,25,27). The van der Waals surface area contributed by atoms with Crippen molar-refractivity contribution in [3.63, 3.8) is 0 Å². The monoisotopic (exact) mass is 369 g/mol. The Morgan fingerprint density at radius 3 is 2.68 bits per heavy atom. The van der Waals surface area contributed by atoms with Crippen molar-refractivity contribution < 1.29 is 9.53 Å². The Hall–Kier alpha value is -3.60. The number of anilines is 1. The second-order valence-corrected chi connectivity index (χ2v) is 6.97. The van der Waals surface area contributed by atoms with Gasteiger partial charge in [-0.05, 0) is 30.2 Å². The van der Waals surface area contributed by atoms with Gasteiger partial charge in [0.25, 0.3) is 5.91 Å². The SMILES string of the molecule is Cc1cccn2c(NC(=O)C3Cc4ccccc4O3)c(-c3ccccc3)nc12. The molecule has 1 N–H and O–H groups in total. The summed E-state index contributed by atoms with van der Waals surface area (Å²) in [7, 11) is 0. The van der Waals surface area contributed by atoms with Gasteiger partial charge in [0, 0.05) is 18.2 Å². The van der Waals surface area contributed by atoms with E-state index in [2.05, 4.69) is 5.32 Å². The van der Waals surface area contributed by atoms with E-state index in [0.29, 0.717) is 12.2 Å². The van der Waals surface area contributed by atoms with Crippen LogP contribution in [0, 0.1) is 6.92 Å². The first-order chi connectivity index (χ1) is 13.7. The van der Waals surface area contributed by atoms with Crippen LogP contribution in [-0.4, -0.2) is 21.4 Å². The molecular formula is C23H19N3O2. The Morgan fingerprint density at radius 2 is 1.86 bits per heavy atom. The fourth-order valence-corrected chi connectivity index (χ4v) is 3.65. The minimum absolute atomic E-state index is 0.170. The van der Waals surface area contributed by atoms with Crippen molar-refractivity contribution in [3.05, 3.63) is 84.1 Å². The van der Waals surface area contributed by atoms with Gasteiger partial charge in [0.15, 0.2) is 6.10 Å². The molecule has 0 fully saturated rings. The van der Waals surface area contributed by atoms with Gasteiger partial charge in [-0.3, -0.25) is 9.20 Å². The molecule has 4 aromatic rings. The summed E-state index contributed by atoms with van der Waals surface area (Å²) in [6, 6.07) is 21.6. The van der Waals surface area contributed by atoms with Crippen LogP contribution in [0.1, 0.15) is 11.1 Å². The van der Waals surface area contributed by atoms with Gasteiger partial charge in [-0.2, -0.15) is 0 Å². The van der Waals surface area contributed by atoms with Crippen LogP contribution in [0.25, 0.3) is 16.9 Å². The van der Waals surface area contributed by atoms with Crippen LogP contribution in [0.4, 0.5) is 5.82 Å². The summed E-state index contributed by atoms with van der Waals surface area (Å²) >= 11 is 0. The molecule has 3 heterocycles. The highest BCUT2D eigenvalue weighted by molar-refractivity contribution is 5.98. The van der Waals surface area contributed by atoms with Crippen LogP contribution in [0.3, 0.4) is 0 Å². The summed E-state index contributed by atoms with van der Waals surface area (Å²) in [5.41, 5.74) is 4.63. The molecule has 2 aromatic carbocycles. The van der Waals surface area contributed by atoms with Crippen molar-refractivity contribution in [2.45, 2.75) is 19.4 Å². The Bertz CT molecular complexity index is 1160. The fraction of sp³-hybridized carbons (Fsp3) is 0.130. The number of hydrogen-bond acceptors (Lipinski definition) is 3. The largest absolute Gasteiger partial charge is 0.480 e. The lowest BCUT2D eigenvalue weighted by Gasteiger charge is -2.12. The van der Waals surface area contributed by atoms with Crippen LogP contribution >= 0.6 is 0 Å². The topological polar surface area (TPSA) is 55.6 Å². The molecule has 1 aliphatic rings. The van der Waals surface area contributed by atoms with Crippen LogP contribution < -0.4 is 10.1 Å². The summed E-state index contributed by atoms with van der Waals surface area (Å²) < 4.78 is 7.79. The number of amides is 1. The van der Waals surface area contributed by atoms with Gasteiger partial charge in [-0.1, -0.05) is 54.6 Å². The number of hydrogen-bond donors (Lipinski definition) is 1. The summed E-state index contributed by atoms with van der Waals surface area (Å²) in [5.74, 6) is 1.27. The average Bonchev–Trinajstić information content (AvgIpc) is 3.32. The Morgan fingerprint density at radius 1 is 1.07 bits per heavy atom. The summed E-state index contributed by atoms with van der Waals surface area (Å²) in [6.45, 7) is 2.01. The predicted octanol–water partition coefficient (Wildman–Crippen LogP) is 4.25. The van der Waals surface area contributed by atoms with Gasteiger partial charge in [-0.25, -0.2) is 4.98 Å². The number of aryl methyl sites for hydroxylation is 1. The van der Waals surface area contributed by atoms with E-state index < -0.39 is 6.10 Å². The molecule has 0 bridgehead atoms. The van der Waals surface area contributed by atoms with E-state index in [1.807, 2.05) is 84.3 Å². The highest BCUT2D eigenvalue weighted by Gasteiger charge is 2.30. The highest BCUT2D eigenvalue weighted by Crippen LogP contribution is 2.32. The highest BCUT2D eigenvalue weighted by atomic mass is 16.5. The lowest BCUT2D eigenvalue weighted by molar-refractivity contribution is -0.122. The first kappa shape index (κ1) is 16.6. The van der Waals surface area contributed by atoms with Crippen molar-refractivity contribution in [1.29, 1.82) is 0 Å². The number of carbonyl (C=O) groups excluding carboxylic acids is 1. The van der Waals surface area contributed by atoms with Gasteiger partial charge in [0.1, 0.15) is 22.9 Å². The minimum Gasteiger partial charge on any atom is -0.480 e. The Labute approximate surface area is 162 Å². The normalized spacial score (nSPS) is 15.2. The fourth-order valence-electron chi connectivity index (χ4n) is 3.65. The maximum atomic E-state index is 13.0. The van der Waals surface area contributed by atoms with Crippen molar-refractivity contribution in [2.75, 3.05) is 5.32 Å². The van der Waals surface area contributed by atoms with Crippen LogP contribution in [0.2, 0.25) is 0 Å². The van der Waals surface area contributed by atoms with Crippen LogP contribution in [0.5, 0.6) is 5.75 Å². The Kier molecular flexibility index (Phi) is 3.86. The first-order valence-corrected chi connectivity index (χ1v) is 9.29. The quantitative estimate of drug-likeness (QED) is 0.587. The number of para-hydroxylation sites is 1. The minimum atomic E-state index is -0.545. The lowest BCUT2D eigenvalue weighted by Crippen LogP contribution is -2.32. The molecule has 1 aliphatic heterocycles. The van der Waals surface area contributed by atoms with Gasteiger partial charge >= 0.3 is 0 Å². The third kappa shape index (κ3) is 2.72. The van der Waals surface area contributed by atoms with Crippen molar-refractivity contribution in [2.24, 2.45) is 0 Å². The number of imidazole rings is 1.